The van der Waals surface area contributed by atoms with E-state index in [-0.39, 0.29) is 115 Å². The number of carbonyl (C=O) groups is 7. The highest BCUT2D eigenvalue weighted by Crippen LogP contribution is 2.40. The van der Waals surface area contributed by atoms with Crippen LogP contribution in [0.5, 0.6) is 0 Å². The zero-order valence-corrected chi connectivity index (χ0v) is 45.7. The van der Waals surface area contributed by atoms with Gasteiger partial charge in [-0.15, -0.1) is 0 Å². The first-order valence-corrected chi connectivity index (χ1v) is 25.4. The fraction of sp³-hybridized carbons (Fsp3) is 0.855. The standard InChI is InChI=1S/2C9H16O2.C8H15NO.C8H14.2C7H12O2.2C7H12O/c2*1-3-11-8(10)9(2)6-4-5-7-9;1-9(2)8(10)7-5-3-4-6-7;1-2-5-8-6-3-4-7-8;2*1-7(6(8)9)4-2-3-5-7;2*1-6(8)7-4-2-3-5-7/h2*3-7H2,1-2H3;7H,3-6H2,1-2H3;2,5,8H,3-4,6-7H2,1H3;2*2-5H2,1H3,(H,8,9);2*7H,2-5H2,1H3/i6D2,7D2;4D2,5D2;5D2,6D2;6D2,7D2;4D2,5D2;2D2,3D2;2*4D2,5D2. The molecule has 0 heterocycles. The van der Waals surface area contributed by atoms with Crippen LogP contribution < -0.4 is 0 Å². The number of carboxylic acids is 2. The Labute approximate surface area is 495 Å². The molecule has 1 amide bonds. The van der Waals surface area contributed by atoms with Crippen molar-refractivity contribution < 1.29 is 97.1 Å². The number of amides is 1. The molecular weight excluding hydrogens is 935 g/mol. The van der Waals surface area contributed by atoms with Crippen molar-refractivity contribution in [3.63, 3.8) is 0 Å². The zero-order valence-electron chi connectivity index (χ0n) is 77.7. The van der Waals surface area contributed by atoms with Crippen molar-refractivity contribution in [3.8, 4) is 0 Å². The van der Waals surface area contributed by atoms with Crippen LogP contribution in [-0.2, 0) is 43.0 Å². The predicted octanol–water partition coefficient (Wildman–Crippen LogP) is 15.1. The van der Waals surface area contributed by atoms with E-state index in [0.717, 1.165) is 6.92 Å². The van der Waals surface area contributed by atoms with Crippen LogP contribution in [0, 0.1) is 45.3 Å². The van der Waals surface area contributed by atoms with E-state index in [0.29, 0.717) is 12.8 Å². The molecule has 0 aromatic carbocycles. The van der Waals surface area contributed by atoms with Gasteiger partial charge in [0.1, 0.15) is 11.6 Å². The molecule has 8 aliphatic rings. The average Bonchev–Trinajstić information content (AvgIpc) is 1.56. The Morgan fingerprint density at radius 2 is 0.811 bits per heavy atom. The maximum atomic E-state index is 11.7. The molecule has 74 heavy (non-hydrogen) atoms. The number of ether oxygens (including phenoxy) is 2. The highest BCUT2D eigenvalue weighted by Gasteiger charge is 2.39. The summed E-state index contributed by atoms with van der Waals surface area (Å²) in [5.74, 6) is -8.94. The van der Waals surface area contributed by atoms with Crippen molar-refractivity contribution in [1.82, 2.24) is 4.90 Å². The Morgan fingerprint density at radius 3 is 1.08 bits per heavy atom. The minimum atomic E-state index is -2.04. The van der Waals surface area contributed by atoms with Gasteiger partial charge in [-0.3, -0.25) is 33.6 Å². The molecule has 0 aliphatic heterocycles. The fourth-order valence-corrected chi connectivity index (χ4v) is 7.08. The van der Waals surface area contributed by atoms with Gasteiger partial charge < -0.3 is 24.6 Å². The van der Waals surface area contributed by atoms with E-state index in [9.17, 15) is 33.6 Å². The SMILES string of the molecule is [2H]C1([2H])CC(C)(C(=O)O)CC1([2H])[2H].[2H]C1([2H])CC(C)(C(=O)OCC)CC1([2H])[2H].[2H]C1([2H])CCC([2H])([2H])C1(C)C(=O)O.[2H]C1([2H])CCC([2H])([2H])C1(C)C(=O)OCC.[2H]C1([2H])CCC([2H])([2H])C1C(=O)N(C)C.[2H]C1([2H])CCC([2H])([2H])C1C(C)=O.[2H]C1([2H])CCC([2H])([2H])C1C(C)=O.[2H]C1([2H])CCC([2H])([2H])C1C=CC. The summed E-state index contributed by atoms with van der Waals surface area (Å²) in [5.41, 5.74) is -5.94. The summed E-state index contributed by atoms with van der Waals surface area (Å²) in [7, 11) is 3.04. The van der Waals surface area contributed by atoms with Gasteiger partial charge in [-0.2, -0.15) is 0 Å². The number of Topliss-reactive ketones (excluding diaryl/α,β-unsaturated/α-hetero) is 2. The van der Waals surface area contributed by atoms with Crippen molar-refractivity contribution in [2.45, 2.75) is 267 Å². The minimum absolute atomic E-state index is 0.0389. The normalized spacial score (nSPS) is 39.4. The number of ketones is 2. The van der Waals surface area contributed by atoms with Crippen molar-refractivity contribution in [1.29, 1.82) is 0 Å². The van der Waals surface area contributed by atoms with Gasteiger partial charge in [0.05, 0.1) is 34.9 Å². The van der Waals surface area contributed by atoms with Crippen LogP contribution in [0.3, 0.4) is 0 Å². The molecule has 0 spiro atoms. The van der Waals surface area contributed by atoms with E-state index in [1.807, 2.05) is 0 Å². The number of esters is 2. The second kappa shape index (κ2) is 36.5. The van der Waals surface area contributed by atoms with E-state index in [1.165, 1.54) is 46.7 Å². The molecule has 0 bridgehead atoms. The van der Waals surface area contributed by atoms with Crippen LogP contribution in [0.4, 0.5) is 0 Å². The summed E-state index contributed by atoms with van der Waals surface area (Å²) in [5, 5.41) is 17.7. The number of carboxylic acid groups (broad SMARTS) is 2. The lowest BCUT2D eigenvalue weighted by molar-refractivity contribution is -0.154. The summed E-state index contributed by atoms with van der Waals surface area (Å²) >= 11 is 0. The molecule has 0 aromatic rings. The largest absolute Gasteiger partial charge is 0.481 e. The lowest BCUT2D eigenvalue weighted by Gasteiger charge is -2.20. The summed E-state index contributed by atoms with van der Waals surface area (Å²) < 4.78 is 250. The Kier molecular flexibility index (Phi) is 15.9. The van der Waals surface area contributed by atoms with Crippen molar-refractivity contribution in [2.24, 2.45) is 45.3 Å². The summed E-state index contributed by atoms with van der Waals surface area (Å²) in [6.07, 6.45) is -24.3. The van der Waals surface area contributed by atoms with Gasteiger partial charge in [0, 0.05) is 75.7 Å². The molecular formula is C62H109NO11. The first-order valence-electron chi connectivity index (χ1n) is 41.4. The first-order chi connectivity index (χ1) is 46.7. The highest BCUT2D eigenvalue weighted by atomic mass is 16.5. The average molecular weight is 1080 g/mol. The molecule has 0 atom stereocenters. The molecule has 8 aliphatic carbocycles. The maximum absolute atomic E-state index is 11.7. The molecule has 12 heteroatoms. The Hall–Kier alpha value is -3.57. The summed E-state index contributed by atoms with van der Waals surface area (Å²) in [4.78, 5) is 79.8. The topological polar surface area (TPSA) is 182 Å². The quantitative estimate of drug-likeness (QED) is 0.157. The predicted molar refractivity (Wildman–Crippen MR) is 298 cm³/mol. The Balaban J connectivity index is 0.000000607. The van der Waals surface area contributed by atoms with Crippen LogP contribution in [0.15, 0.2) is 12.2 Å². The van der Waals surface area contributed by atoms with Crippen LogP contribution >= 0.6 is 0 Å². The molecule has 428 valence electrons. The molecule has 8 fully saturated rings. The van der Waals surface area contributed by atoms with E-state index in [1.54, 1.807) is 39.8 Å². The van der Waals surface area contributed by atoms with Gasteiger partial charge in [-0.05, 0) is 170 Å². The Bertz CT molecular complexity index is 2960. The van der Waals surface area contributed by atoms with E-state index < -0.39 is 177 Å². The molecule has 0 radical (unpaired) electrons. The van der Waals surface area contributed by atoms with E-state index in [2.05, 4.69) is 0 Å². The van der Waals surface area contributed by atoms with Crippen LogP contribution in [0.25, 0.3) is 0 Å². The van der Waals surface area contributed by atoms with Gasteiger partial charge in [0.2, 0.25) is 5.91 Å². The molecule has 12 nitrogen and oxygen atoms in total. The monoisotopic (exact) mass is 1080 g/mol. The van der Waals surface area contributed by atoms with Crippen LogP contribution in [0.1, 0.15) is 311 Å². The molecule has 8 saturated carbocycles. The number of nitrogens with zero attached hydrogens (tertiary/aromatic N) is 1. The van der Waals surface area contributed by atoms with Crippen molar-refractivity contribution in [2.75, 3.05) is 27.3 Å². The zero-order chi connectivity index (χ0) is 84.5. The molecule has 2 N–H and O–H groups in total. The van der Waals surface area contributed by atoms with Crippen LogP contribution in [-0.4, -0.2) is 83.8 Å². The molecule has 8 rings (SSSR count). The molecule has 0 saturated heterocycles. The first kappa shape index (κ1) is 32.4. The number of rotatable bonds is 10. The second-order valence-electron chi connectivity index (χ2n) is 18.9. The lowest BCUT2D eigenvalue weighted by Crippen LogP contribution is -2.27. The third-order valence-corrected chi connectivity index (χ3v) is 11.9. The third-order valence-electron chi connectivity index (χ3n) is 11.9. The maximum Gasteiger partial charge on any atom is 0.311 e. The highest BCUT2D eigenvalue weighted by molar-refractivity contribution is 5.80. The number of aliphatic carboxylic acids is 2. The number of carbonyl (C=O) groups excluding carboxylic acids is 5. The van der Waals surface area contributed by atoms with Crippen molar-refractivity contribution >= 4 is 41.4 Å². The fourth-order valence-electron chi connectivity index (χ4n) is 7.08. The number of hydrogen-bond acceptors (Lipinski definition) is 9. The smallest absolute Gasteiger partial charge is 0.311 e. The molecule has 0 unspecified atom stereocenters. The van der Waals surface area contributed by atoms with Gasteiger partial charge in [-0.25, -0.2) is 0 Å². The summed E-state index contributed by atoms with van der Waals surface area (Å²) in [6, 6.07) is 0. The third kappa shape index (κ3) is 26.0. The van der Waals surface area contributed by atoms with Gasteiger partial charge in [0.15, 0.2) is 0 Å². The summed E-state index contributed by atoms with van der Waals surface area (Å²) in [6.45, 7) is 13.4. The lowest BCUT2D eigenvalue weighted by atomic mass is 9.89. The molecule has 0 aromatic heterocycles. The number of allylic oxidation sites excluding steroid dienone is 2. The van der Waals surface area contributed by atoms with E-state index >= 15 is 0 Å². The Morgan fingerprint density at radius 1 is 0.500 bits per heavy atom. The van der Waals surface area contributed by atoms with Gasteiger partial charge >= 0.3 is 23.9 Å². The van der Waals surface area contributed by atoms with Gasteiger partial charge in [-0.1, -0.05) is 115 Å². The minimum Gasteiger partial charge on any atom is -0.481 e. The van der Waals surface area contributed by atoms with E-state index in [4.69, 9.17) is 63.6 Å². The second-order valence-corrected chi connectivity index (χ2v) is 18.9. The van der Waals surface area contributed by atoms with Crippen molar-refractivity contribution in [3.05, 3.63) is 12.2 Å². The number of hydrogen-bond donors (Lipinski definition) is 2. The van der Waals surface area contributed by atoms with Gasteiger partial charge in [0.25, 0.3) is 0 Å². The van der Waals surface area contributed by atoms with Crippen LogP contribution in [0.2, 0.25) is 0 Å².